The van der Waals surface area contributed by atoms with Gasteiger partial charge in [-0.25, -0.2) is 0 Å². The molecule has 0 aliphatic carbocycles. The van der Waals surface area contributed by atoms with Crippen LogP contribution in [0.3, 0.4) is 0 Å². The number of carbonyl (C=O) groups is 1. The van der Waals surface area contributed by atoms with Gasteiger partial charge in [0.1, 0.15) is 17.4 Å². The van der Waals surface area contributed by atoms with E-state index < -0.39 is 12.0 Å². The van der Waals surface area contributed by atoms with Crippen LogP contribution in [0.2, 0.25) is 0 Å². The predicted octanol–water partition coefficient (Wildman–Crippen LogP) is 2.10. The zero-order valence-electron chi connectivity index (χ0n) is 12.0. The fraction of sp³-hybridized carbons (Fsp3) is 0.467. The Hall–Kier alpha value is -2.06. The van der Waals surface area contributed by atoms with E-state index in [1.54, 1.807) is 19.1 Å². The molecule has 0 radical (unpaired) electrons. The first-order chi connectivity index (χ1) is 9.34. The van der Waals surface area contributed by atoms with Crippen LogP contribution < -0.4 is 5.32 Å². The smallest absolute Gasteiger partial charge is 0.262 e. The Morgan fingerprint density at radius 3 is 2.85 bits per heavy atom. The normalized spacial score (nSPS) is 13.7. The van der Waals surface area contributed by atoms with Gasteiger partial charge < -0.3 is 14.8 Å². The number of hydrogen-bond acceptors (Lipinski definition) is 4. The highest BCUT2D eigenvalue weighted by Gasteiger charge is 2.22. The molecule has 0 saturated heterocycles. The Kier molecular flexibility index (Phi) is 5.53. The molecule has 1 aromatic heterocycles. The molecule has 0 fully saturated rings. The number of nitriles is 1. The third-order valence-electron chi connectivity index (χ3n) is 2.77. The van der Waals surface area contributed by atoms with Gasteiger partial charge in [-0.1, -0.05) is 13.8 Å². The van der Waals surface area contributed by atoms with Crippen molar-refractivity contribution in [3.8, 4) is 6.07 Å². The molecule has 0 aliphatic heterocycles. The number of aliphatic hydroxyl groups is 1. The lowest BCUT2D eigenvalue weighted by atomic mass is 9.87. The Morgan fingerprint density at radius 2 is 2.35 bits per heavy atom. The largest absolute Gasteiger partial charge is 0.465 e. The van der Waals surface area contributed by atoms with Gasteiger partial charge in [-0.3, -0.25) is 4.79 Å². The molecule has 1 atom stereocenters. The highest BCUT2D eigenvalue weighted by molar-refractivity contribution is 6.01. The van der Waals surface area contributed by atoms with E-state index in [1.165, 1.54) is 12.3 Å². The maximum atomic E-state index is 11.9. The summed E-state index contributed by atoms with van der Waals surface area (Å²) in [5.74, 6) is 0.0162. The lowest BCUT2D eigenvalue weighted by Crippen LogP contribution is -2.36. The van der Waals surface area contributed by atoms with Crippen molar-refractivity contribution in [3.05, 3.63) is 29.7 Å². The molecule has 1 unspecified atom stereocenters. The Labute approximate surface area is 118 Å². The third kappa shape index (κ3) is 5.29. The van der Waals surface area contributed by atoms with Crippen molar-refractivity contribution >= 4 is 12.0 Å². The fourth-order valence-corrected chi connectivity index (χ4v) is 1.95. The maximum Gasteiger partial charge on any atom is 0.262 e. The molecule has 0 saturated carbocycles. The molecule has 0 bridgehead atoms. The van der Waals surface area contributed by atoms with E-state index in [-0.39, 0.29) is 11.0 Å². The van der Waals surface area contributed by atoms with Crippen LogP contribution in [0.1, 0.15) is 33.0 Å². The summed E-state index contributed by atoms with van der Waals surface area (Å²) in [6, 6.07) is 5.21. The SMILES string of the molecule is CC(O)CC(C)(C)CNC(=O)/C(C#N)=C/c1ccco1. The third-order valence-corrected chi connectivity index (χ3v) is 2.77. The van der Waals surface area contributed by atoms with E-state index in [9.17, 15) is 9.90 Å². The molecule has 1 heterocycles. The fourth-order valence-electron chi connectivity index (χ4n) is 1.95. The van der Waals surface area contributed by atoms with Crippen molar-refractivity contribution < 1.29 is 14.3 Å². The predicted molar refractivity (Wildman–Crippen MR) is 75.4 cm³/mol. The second-order valence-corrected chi connectivity index (χ2v) is 5.59. The zero-order chi connectivity index (χ0) is 15.2. The molecule has 0 aliphatic rings. The van der Waals surface area contributed by atoms with Gasteiger partial charge >= 0.3 is 0 Å². The highest BCUT2D eigenvalue weighted by atomic mass is 16.3. The molecular formula is C15H20N2O3. The Balaban J connectivity index is 2.64. The Morgan fingerprint density at radius 1 is 1.65 bits per heavy atom. The minimum absolute atomic E-state index is 0.00667. The number of hydrogen-bond donors (Lipinski definition) is 2. The van der Waals surface area contributed by atoms with E-state index in [0.29, 0.717) is 18.7 Å². The molecule has 5 nitrogen and oxygen atoms in total. The summed E-state index contributed by atoms with van der Waals surface area (Å²) in [5.41, 5.74) is -0.248. The van der Waals surface area contributed by atoms with Gasteiger partial charge in [0.15, 0.2) is 0 Å². The minimum atomic E-state index is -0.442. The molecule has 5 heteroatoms. The van der Waals surface area contributed by atoms with Crippen molar-refractivity contribution in [2.45, 2.75) is 33.3 Å². The number of furan rings is 1. The topological polar surface area (TPSA) is 86.3 Å². The quantitative estimate of drug-likeness (QED) is 0.615. The van der Waals surface area contributed by atoms with Gasteiger partial charge in [-0.2, -0.15) is 5.26 Å². The van der Waals surface area contributed by atoms with E-state index in [0.717, 1.165) is 0 Å². The van der Waals surface area contributed by atoms with Gasteiger partial charge in [0.25, 0.3) is 5.91 Å². The molecule has 108 valence electrons. The molecule has 1 aromatic rings. The first-order valence-corrected chi connectivity index (χ1v) is 6.45. The number of nitrogens with one attached hydrogen (secondary N) is 1. The summed E-state index contributed by atoms with van der Waals surface area (Å²) in [5, 5.41) is 21.1. The molecule has 1 amide bonds. The molecule has 1 rings (SSSR count). The van der Waals surface area contributed by atoms with Gasteiger partial charge in [-0.05, 0) is 30.9 Å². The van der Waals surface area contributed by atoms with Gasteiger partial charge in [0.05, 0.1) is 12.4 Å². The van der Waals surface area contributed by atoms with E-state index >= 15 is 0 Å². The summed E-state index contributed by atoms with van der Waals surface area (Å²) < 4.78 is 5.07. The number of aliphatic hydroxyl groups excluding tert-OH is 1. The van der Waals surface area contributed by atoms with Crippen LogP contribution in [0.25, 0.3) is 6.08 Å². The first-order valence-electron chi connectivity index (χ1n) is 6.45. The number of amides is 1. The molecule has 2 N–H and O–H groups in total. The number of carbonyl (C=O) groups excluding carboxylic acids is 1. The monoisotopic (exact) mass is 276 g/mol. The van der Waals surface area contributed by atoms with E-state index in [2.05, 4.69) is 5.32 Å². The Bertz CT molecular complexity index is 508. The minimum Gasteiger partial charge on any atom is -0.465 e. The van der Waals surface area contributed by atoms with Crippen LogP contribution in [-0.2, 0) is 4.79 Å². The van der Waals surface area contributed by atoms with Crippen LogP contribution in [-0.4, -0.2) is 23.7 Å². The van der Waals surface area contributed by atoms with Crippen LogP contribution >= 0.6 is 0 Å². The summed E-state index contributed by atoms with van der Waals surface area (Å²) in [7, 11) is 0. The number of rotatable bonds is 6. The van der Waals surface area contributed by atoms with Crippen LogP contribution in [0.5, 0.6) is 0 Å². The zero-order valence-corrected chi connectivity index (χ0v) is 12.0. The van der Waals surface area contributed by atoms with Crippen molar-refractivity contribution in [2.24, 2.45) is 5.41 Å². The van der Waals surface area contributed by atoms with Crippen molar-refractivity contribution in [2.75, 3.05) is 6.54 Å². The van der Waals surface area contributed by atoms with E-state index in [4.69, 9.17) is 9.68 Å². The van der Waals surface area contributed by atoms with E-state index in [1.807, 2.05) is 19.9 Å². The van der Waals surface area contributed by atoms with Crippen molar-refractivity contribution in [1.29, 1.82) is 5.26 Å². The molecule has 0 spiro atoms. The average molecular weight is 276 g/mol. The molecular weight excluding hydrogens is 256 g/mol. The van der Waals surface area contributed by atoms with Crippen LogP contribution in [0, 0.1) is 16.7 Å². The second-order valence-electron chi connectivity index (χ2n) is 5.59. The maximum absolute atomic E-state index is 11.9. The number of nitrogens with zero attached hydrogens (tertiary/aromatic N) is 1. The molecule has 20 heavy (non-hydrogen) atoms. The van der Waals surface area contributed by atoms with Crippen molar-refractivity contribution in [1.82, 2.24) is 5.32 Å². The first kappa shape index (κ1) is 16.0. The summed E-state index contributed by atoms with van der Waals surface area (Å²) in [6.45, 7) is 5.99. The molecule has 0 aromatic carbocycles. The standard InChI is InChI=1S/C15H20N2O3/c1-11(18)8-15(2,3)10-17-14(19)12(9-16)7-13-5-4-6-20-13/h4-7,11,18H,8,10H2,1-3H3,(H,17,19)/b12-7+. The average Bonchev–Trinajstić information content (AvgIpc) is 2.84. The second kappa shape index (κ2) is 6.92. The van der Waals surface area contributed by atoms with Crippen molar-refractivity contribution in [3.63, 3.8) is 0 Å². The summed E-state index contributed by atoms with van der Waals surface area (Å²) in [4.78, 5) is 11.9. The van der Waals surface area contributed by atoms with Gasteiger partial charge in [-0.15, -0.1) is 0 Å². The van der Waals surface area contributed by atoms with Crippen LogP contribution in [0.15, 0.2) is 28.4 Å². The van der Waals surface area contributed by atoms with Gasteiger partial charge in [0.2, 0.25) is 0 Å². The van der Waals surface area contributed by atoms with Gasteiger partial charge in [0, 0.05) is 12.6 Å². The highest BCUT2D eigenvalue weighted by Crippen LogP contribution is 2.21. The lowest BCUT2D eigenvalue weighted by molar-refractivity contribution is -0.117. The van der Waals surface area contributed by atoms with Crippen LogP contribution in [0.4, 0.5) is 0 Å². The summed E-state index contributed by atoms with van der Waals surface area (Å²) in [6.07, 6.45) is 3.01. The summed E-state index contributed by atoms with van der Waals surface area (Å²) >= 11 is 0. The lowest BCUT2D eigenvalue weighted by Gasteiger charge is -2.26.